The number of fused-ring (bicyclic) bond motifs is 2. The Kier molecular flexibility index (Phi) is 9.13. The average molecular weight is 597 g/mol. The summed E-state index contributed by atoms with van der Waals surface area (Å²) in [5.74, 6) is 0.784. The number of hydrogen-bond donors (Lipinski definition) is 3. The number of likely N-dealkylation sites (tertiary alicyclic amines) is 1. The molecule has 4 heterocycles. The van der Waals surface area contributed by atoms with Gasteiger partial charge in [0.05, 0.1) is 29.6 Å². The molecule has 0 bridgehead atoms. The summed E-state index contributed by atoms with van der Waals surface area (Å²) in [5, 5.41) is 10.7. The fourth-order valence-electron chi connectivity index (χ4n) is 8.16. The normalized spacial score (nSPS) is 37.5. The first-order valence-electron chi connectivity index (χ1n) is 15.8. The Labute approximate surface area is 255 Å². The predicted molar refractivity (Wildman–Crippen MR) is 166 cm³/mol. The molecule has 230 valence electrons. The molecule has 6 rings (SSSR count). The van der Waals surface area contributed by atoms with Crippen LogP contribution in [0.5, 0.6) is 0 Å². The number of piperazine rings is 1. The summed E-state index contributed by atoms with van der Waals surface area (Å²) in [6.07, 6.45) is 6.05. The number of carbonyl (C=O) groups excluding carboxylic acids is 2. The van der Waals surface area contributed by atoms with Crippen LogP contribution >= 0.6 is 11.8 Å². The number of amides is 1. The van der Waals surface area contributed by atoms with Crippen LogP contribution < -0.4 is 16.0 Å². The highest BCUT2D eigenvalue weighted by atomic mass is 32.2. The van der Waals surface area contributed by atoms with Crippen molar-refractivity contribution in [3.8, 4) is 0 Å². The summed E-state index contributed by atoms with van der Waals surface area (Å²) in [7, 11) is 4.10. The second-order valence-corrected chi connectivity index (χ2v) is 14.4. The minimum absolute atomic E-state index is 0.0116. The Balaban J connectivity index is 1.25. The molecule has 1 aromatic carbocycles. The van der Waals surface area contributed by atoms with Crippen LogP contribution in [0.1, 0.15) is 50.5 Å². The molecule has 10 heteroatoms. The number of Topliss-reactive ketones (excluding diaryl/α,β-unsaturated/α-hetero) is 1. The van der Waals surface area contributed by atoms with E-state index in [9.17, 15) is 9.59 Å². The third-order valence-corrected chi connectivity index (χ3v) is 12.0. The minimum atomic E-state index is -0.413. The fourth-order valence-corrected chi connectivity index (χ4v) is 9.89. The monoisotopic (exact) mass is 596 g/mol. The van der Waals surface area contributed by atoms with Crippen molar-refractivity contribution < 1.29 is 14.3 Å². The van der Waals surface area contributed by atoms with Gasteiger partial charge in [-0.1, -0.05) is 31.7 Å². The number of likely N-dealkylation sites (N-methyl/N-ethyl adjacent to an activating group) is 2. The molecule has 3 saturated heterocycles. The van der Waals surface area contributed by atoms with Crippen LogP contribution in [0.15, 0.2) is 41.8 Å². The molecule has 4 aliphatic heterocycles. The number of benzene rings is 1. The second kappa shape index (κ2) is 12.7. The van der Waals surface area contributed by atoms with E-state index in [4.69, 9.17) is 4.74 Å². The van der Waals surface area contributed by atoms with Crippen LogP contribution in [0.4, 0.5) is 0 Å². The lowest BCUT2D eigenvalue weighted by Gasteiger charge is -2.55. The summed E-state index contributed by atoms with van der Waals surface area (Å²) in [6, 6.07) is 8.76. The largest absolute Gasteiger partial charge is 0.348 e. The summed E-state index contributed by atoms with van der Waals surface area (Å²) in [4.78, 5) is 35.3. The number of thioether (sulfide) groups is 1. The number of hydrogen-bond acceptors (Lipinski definition) is 9. The van der Waals surface area contributed by atoms with E-state index < -0.39 is 11.1 Å². The minimum Gasteiger partial charge on any atom is -0.348 e. The number of rotatable bonds is 7. The highest BCUT2D eigenvalue weighted by molar-refractivity contribution is 8.01. The topological polar surface area (TPSA) is 89.2 Å². The van der Waals surface area contributed by atoms with Crippen LogP contribution in [-0.2, 0) is 14.3 Å². The zero-order valence-corrected chi connectivity index (χ0v) is 26.2. The quantitative estimate of drug-likeness (QED) is 0.410. The van der Waals surface area contributed by atoms with E-state index >= 15 is 0 Å². The summed E-state index contributed by atoms with van der Waals surface area (Å²) < 4.78 is 6.11. The van der Waals surface area contributed by atoms with Gasteiger partial charge in [0.1, 0.15) is 0 Å². The molecule has 5 aliphatic rings. The van der Waals surface area contributed by atoms with Gasteiger partial charge in [-0.3, -0.25) is 25.1 Å². The molecule has 0 aromatic heterocycles. The van der Waals surface area contributed by atoms with Crippen molar-refractivity contribution in [1.82, 2.24) is 30.7 Å². The first kappa shape index (κ1) is 30.2. The van der Waals surface area contributed by atoms with Gasteiger partial charge in [-0.05, 0) is 76.4 Å². The van der Waals surface area contributed by atoms with Crippen LogP contribution in [0, 0.1) is 5.92 Å². The maximum atomic E-state index is 14.7. The van der Waals surface area contributed by atoms with Crippen LogP contribution in [-0.4, -0.2) is 115 Å². The van der Waals surface area contributed by atoms with Crippen molar-refractivity contribution in [3.63, 3.8) is 0 Å². The number of nitrogens with one attached hydrogen (secondary N) is 3. The van der Waals surface area contributed by atoms with Crippen molar-refractivity contribution in [2.24, 2.45) is 5.92 Å². The lowest BCUT2D eigenvalue weighted by Crippen LogP contribution is -2.75. The van der Waals surface area contributed by atoms with Crippen molar-refractivity contribution in [2.45, 2.75) is 85.2 Å². The average Bonchev–Trinajstić information content (AvgIpc) is 3.42. The summed E-state index contributed by atoms with van der Waals surface area (Å²) >= 11 is 1.80. The third kappa shape index (κ3) is 5.72. The Morgan fingerprint density at radius 3 is 2.81 bits per heavy atom. The molecule has 1 amide bonds. The summed E-state index contributed by atoms with van der Waals surface area (Å²) in [6.45, 7) is 10.6. The van der Waals surface area contributed by atoms with Crippen LogP contribution in [0.3, 0.4) is 0 Å². The zero-order valence-electron chi connectivity index (χ0n) is 25.4. The zero-order chi connectivity index (χ0) is 29.4. The Morgan fingerprint density at radius 1 is 1.21 bits per heavy atom. The molecule has 1 saturated carbocycles. The van der Waals surface area contributed by atoms with Crippen molar-refractivity contribution in [2.75, 3.05) is 53.4 Å². The predicted octanol–water partition coefficient (Wildman–Crippen LogP) is 2.20. The molecule has 4 fully saturated rings. The first-order chi connectivity index (χ1) is 20.3. The van der Waals surface area contributed by atoms with E-state index in [1.54, 1.807) is 11.8 Å². The van der Waals surface area contributed by atoms with Crippen LogP contribution in [0.25, 0.3) is 0 Å². The lowest BCUT2D eigenvalue weighted by molar-refractivity contribution is -0.145. The Morgan fingerprint density at radius 2 is 2.05 bits per heavy atom. The molecule has 1 aliphatic carbocycles. The second-order valence-electron chi connectivity index (χ2n) is 13.0. The van der Waals surface area contributed by atoms with Gasteiger partial charge in [-0.2, -0.15) is 0 Å². The fraction of sp³-hybridized carbons (Fsp3) is 0.688. The highest BCUT2D eigenvalue weighted by Crippen LogP contribution is 2.54. The molecular formula is C32H48N6O3S. The molecule has 1 spiro atoms. The van der Waals surface area contributed by atoms with Gasteiger partial charge in [0.25, 0.3) is 0 Å². The number of ether oxygens (including phenoxy) is 1. The Hall–Kier alpha value is -1.79. The van der Waals surface area contributed by atoms with Crippen molar-refractivity contribution in [1.29, 1.82) is 0 Å². The third-order valence-electron chi connectivity index (χ3n) is 10.4. The molecule has 7 unspecified atom stereocenters. The van der Waals surface area contributed by atoms with Gasteiger partial charge >= 0.3 is 0 Å². The van der Waals surface area contributed by atoms with Gasteiger partial charge in [-0.25, -0.2) is 0 Å². The van der Waals surface area contributed by atoms with Crippen molar-refractivity contribution in [3.05, 3.63) is 42.5 Å². The van der Waals surface area contributed by atoms with E-state index in [0.717, 1.165) is 45.3 Å². The number of nitrogens with zero attached hydrogens (tertiary/aromatic N) is 3. The van der Waals surface area contributed by atoms with E-state index in [1.165, 1.54) is 23.0 Å². The smallest absolute Gasteiger partial charge is 0.246 e. The van der Waals surface area contributed by atoms with Gasteiger partial charge in [-0.15, -0.1) is 11.8 Å². The van der Waals surface area contributed by atoms with Gasteiger partial charge in [0.15, 0.2) is 12.1 Å². The van der Waals surface area contributed by atoms with E-state index in [1.807, 2.05) is 11.9 Å². The highest BCUT2D eigenvalue weighted by Gasteiger charge is 2.56. The molecule has 9 nitrogen and oxygen atoms in total. The van der Waals surface area contributed by atoms with E-state index in [2.05, 4.69) is 70.6 Å². The summed E-state index contributed by atoms with van der Waals surface area (Å²) in [5.41, 5.74) is 1.36. The Bertz CT molecular complexity index is 1170. The SMILES string of the molecule is C=CC(=O)N1CCN(C2NC(OCC3CCCN3C)NC3C(=O)[C@@]4(CCC32)CC(C)c2ccccc2S4)CC1CNC. The molecule has 42 heavy (non-hydrogen) atoms. The van der Waals surface area contributed by atoms with Gasteiger partial charge < -0.3 is 19.9 Å². The van der Waals surface area contributed by atoms with E-state index in [-0.39, 0.29) is 30.1 Å². The van der Waals surface area contributed by atoms with Crippen molar-refractivity contribution >= 4 is 23.5 Å². The van der Waals surface area contributed by atoms with E-state index in [0.29, 0.717) is 37.4 Å². The van der Waals surface area contributed by atoms with Crippen LogP contribution in [0.2, 0.25) is 0 Å². The molecule has 0 radical (unpaired) electrons. The molecule has 1 aromatic rings. The molecule has 8 atom stereocenters. The van der Waals surface area contributed by atoms with Gasteiger partial charge in [0, 0.05) is 43.0 Å². The molecular weight excluding hydrogens is 548 g/mol. The molecule has 3 N–H and O–H groups in total. The standard InChI is InChI=1S/C32H48N6O3S/c1-5-27(39)38-16-15-37(19-23(38)18-33-3)30-25-12-13-32(17-21(2)24-10-6-7-11-26(24)42-32)29(40)28(25)34-31(35-30)41-20-22-9-8-14-36(22)4/h5-7,10-11,21-23,25,28,30-31,33-35H,1,8-9,12-20H2,2-4H3/t21?,22?,23?,25?,28?,30?,31?,32-/m1/s1. The lowest BCUT2D eigenvalue weighted by atomic mass is 9.70. The number of carbonyl (C=O) groups is 2. The maximum Gasteiger partial charge on any atom is 0.246 e. The number of ketones is 1. The maximum absolute atomic E-state index is 14.7. The first-order valence-corrected chi connectivity index (χ1v) is 16.6. The van der Waals surface area contributed by atoms with Gasteiger partial charge in [0.2, 0.25) is 5.91 Å².